The zero-order valence-electron chi connectivity index (χ0n) is 22.1. The van der Waals surface area contributed by atoms with Crippen LogP contribution in [0.3, 0.4) is 0 Å². The second-order valence-electron chi connectivity index (χ2n) is 9.13. The molecule has 1 aliphatic heterocycles. The van der Waals surface area contributed by atoms with Crippen LogP contribution in [0, 0.1) is 10.1 Å². The van der Waals surface area contributed by atoms with Gasteiger partial charge in [-0.25, -0.2) is 9.79 Å². The first kappa shape index (κ1) is 27.5. The molecule has 0 spiro atoms. The maximum absolute atomic E-state index is 13.8. The van der Waals surface area contributed by atoms with Crippen molar-refractivity contribution < 1.29 is 19.2 Å². The van der Waals surface area contributed by atoms with Gasteiger partial charge in [-0.05, 0) is 42.3 Å². The number of rotatable bonds is 9. The molecule has 4 aromatic rings. The molecule has 10 heteroatoms. The Balaban J connectivity index is 1.59. The highest BCUT2D eigenvalue weighted by atomic mass is 32.1. The monoisotopic (exact) mass is 567 g/mol. The standard InChI is InChI=1S/C31H25N3O6S/c1-3-17-39-30(36)27-20(2)32-31-33(29(35)26(41-31)18-23-11-7-8-12-25(23)34(37)38)28(27)22-13-15-24(16-14-22)40-19-21-9-5-4-6-10-21/h3-16,18,28H,1,17,19H2,2H3. The second-order valence-corrected chi connectivity index (χ2v) is 10.1. The van der Waals surface area contributed by atoms with Crippen LogP contribution < -0.4 is 19.6 Å². The number of nitrogens with zero attached hydrogens (tertiary/aromatic N) is 3. The van der Waals surface area contributed by atoms with Crippen LogP contribution in [-0.4, -0.2) is 22.1 Å². The summed E-state index contributed by atoms with van der Waals surface area (Å²) in [6.45, 7) is 5.67. The minimum Gasteiger partial charge on any atom is -0.489 e. The number of benzene rings is 3. The number of fused-ring (bicyclic) bond motifs is 1. The molecule has 3 aromatic carbocycles. The fourth-order valence-electron chi connectivity index (χ4n) is 4.51. The van der Waals surface area contributed by atoms with Crippen molar-refractivity contribution in [3.8, 4) is 5.75 Å². The molecule has 41 heavy (non-hydrogen) atoms. The molecule has 9 nitrogen and oxygen atoms in total. The SMILES string of the molecule is C=CCOC(=O)C1=C(C)N=c2sc(=Cc3ccccc3[N+](=O)[O-])c(=O)n2C1c1ccc(OCc2ccccc2)cc1. The van der Waals surface area contributed by atoms with Crippen LogP contribution in [0.2, 0.25) is 0 Å². The van der Waals surface area contributed by atoms with E-state index >= 15 is 0 Å². The van der Waals surface area contributed by atoms with Crippen molar-refractivity contribution in [2.45, 2.75) is 19.6 Å². The molecule has 206 valence electrons. The molecule has 0 saturated carbocycles. The third-order valence-corrected chi connectivity index (χ3v) is 7.42. The van der Waals surface area contributed by atoms with Gasteiger partial charge in [-0.15, -0.1) is 0 Å². The third kappa shape index (κ3) is 5.78. The van der Waals surface area contributed by atoms with Crippen molar-refractivity contribution in [1.82, 2.24) is 4.57 Å². The summed E-state index contributed by atoms with van der Waals surface area (Å²) in [7, 11) is 0. The second kappa shape index (κ2) is 12.0. The molecular weight excluding hydrogens is 542 g/mol. The summed E-state index contributed by atoms with van der Waals surface area (Å²) in [5.74, 6) is 0.00594. The summed E-state index contributed by atoms with van der Waals surface area (Å²) in [5, 5.41) is 11.5. The number of hydrogen-bond donors (Lipinski definition) is 0. The van der Waals surface area contributed by atoms with Gasteiger partial charge in [-0.1, -0.05) is 78.6 Å². The van der Waals surface area contributed by atoms with Gasteiger partial charge in [0, 0.05) is 6.07 Å². The zero-order chi connectivity index (χ0) is 28.9. The minimum absolute atomic E-state index is 0.00328. The average Bonchev–Trinajstić information content (AvgIpc) is 3.29. The van der Waals surface area contributed by atoms with Crippen LogP contribution >= 0.6 is 11.3 Å². The van der Waals surface area contributed by atoms with E-state index in [0.717, 1.165) is 16.9 Å². The lowest BCUT2D eigenvalue weighted by Gasteiger charge is -2.24. The van der Waals surface area contributed by atoms with Gasteiger partial charge < -0.3 is 9.47 Å². The molecule has 0 fully saturated rings. The van der Waals surface area contributed by atoms with Crippen molar-refractivity contribution in [3.05, 3.63) is 149 Å². The molecular formula is C31H25N3O6S. The van der Waals surface area contributed by atoms with E-state index in [4.69, 9.17) is 9.47 Å². The van der Waals surface area contributed by atoms with E-state index in [1.807, 2.05) is 30.3 Å². The molecule has 1 aromatic heterocycles. The molecule has 1 atom stereocenters. The van der Waals surface area contributed by atoms with Gasteiger partial charge >= 0.3 is 5.97 Å². The fourth-order valence-corrected chi connectivity index (χ4v) is 5.55. The molecule has 0 amide bonds. The number of allylic oxidation sites excluding steroid dienone is 1. The Morgan fingerprint density at radius 1 is 1.10 bits per heavy atom. The third-order valence-electron chi connectivity index (χ3n) is 6.44. The zero-order valence-corrected chi connectivity index (χ0v) is 22.9. The lowest BCUT2D eigenvalue weighted by atomic mass is 9.96. The largest absolute Gasteiger partial charge is 0.489 e. The van der Waals surface area contributed by atoms with Gasteiger partial charge in [0.05, 0.1) is 32.3 Å². The average molecular weight is 568 g/mol. The summed E-state index contributed by atoms with van der Waals surface area (Å²) < 4.78 is 13.0. The predicted molar refractivity (Wildman–Crippen MR) is 155 cm³/mol. The van der Waals surface area contributed by atoms with Crippen LogP contribution in [0.4, 0.5) is 5.69 Å². The van der Waals surface area contributed by atoms with Gasteiger partial charge in [0.2, 0.25) is 0 Å². The van der Waals surface area contributed by atoms with Crippen LogP contribution in [0.15, 0.2) is 113 Å². The highest BCUT2D eigenvalue weighted by molar-refractivity contribution is 7.07. The number of carbonyl (C=O) groups is 1. The molecule has 1 unspecified atom stereocenters. The van der Waals surface area contributed by atoms with Crippen LogP contribution in [0.1, 0.15) is 29.7 Å². The number of carbonyl (C=O) groups excluding carboxylic acids is 1. The smallest absolute Gasteiger partial charge is 0.338 e. The lowest BCUT2D eigenvalue weighted by Crippen LogP contribution is -2.39. The van der Waals surface area contributed by atoms with E-state index in [0.29, 0.717) is 34.0 Å². The highest BCUT2D eigenvalue weighted by Crippen LogP contribution is 2.32. The van der Waals surface area contributed by atoms with Gasteiger partial charge in [0.15, 0.2) is 4.80 Å². The number of para-hydroxylation sites is 1. The van der Waals surface area contributed by atoms with Crippen molar-refractivity contribution in [3.63, 3.8) is 0 Å². The van der Waals surface area contributed by atoms with E-state index in [1.165, 1.54) is 22.8 Å². The van der Waals surface area contributed by atoms with Crippen molar-refractivity contribution in [2.24, 2.45) is 4.99 Å². The number of hydrogen-bond acceptors (Lipinski definition) is 8. The van der Waals surface area contributed by atoms with Crippen molar-refractivity contribution >= 4 is 29.1 Å². The Bertz CT molecular complexity index is 1840. The number of esters is 1. The molecule has 0 N–H and O–H groups in total. The quantitative estimate of drug-likeness (QED) is 0.128. The predicted octanol–water partition coefficient (Wildman–Crippen LogP) is 4.45. The fraction of sp³-hybridized carbons (Fsp3) is 0.129. The Morgan fingerprint density at radius 2 is 1.80 bits per heavy atom. The topological polar surface area (TPSA) is 113 Å². The molecule has 0 saturated heterocycles. The van der Waals surface area contributed by atoms with E-state index in [1.54, 1.807) is 49.4 Å². The Labute approximate surface area is 238 Å². The number of nitro groups is 1. The first-order valence-electron chi connectivity index (χ1n) is 12.7. The Hall–Kier alpha value is -5.09. The summed E-state index contributed by atoms with van der Waals surface area (Å²) in [6, 6.07) is 22.3. The van der Waals surface area contributed by atoms with Gasteiger partial charge in [-0.2, -0.15) is 0 Å². The molecule has 0 radical (unpaired) electrons. The lowest BCUT2D eigenvalue weighted by molar-refractivity contribution is -0.385. The maximum atomic E-state index is 13.8. The minimum atomic E-state index is -0.834. The first-order valence-corrected chi connectivity index (χ1v) is 13.5. The number of ether oxygens (including phenoxy) is 2. The van der Waals surface area contributed by atoms with Crippen molar-refractivity contribution in [2.75, 3.05) is 6.61 Å². The Kier molecular flexibility index (Phi) is 8.02. The molecule has 5 rings (SSSR count). The first-order chi connectivity index (χ1) is 19.9. The van der Waals surface area contributed by atoms with E-state index < -0.39 is 22.5 Å². The van der Waals surface area contributed by atoms with Crippen LogP contribution in [0.25, 0.3) is 6.08 Å². The van der Waals surface area contributed by atoms with Gasteiger partial charge in [-0.3, -0.25) is 19.5 Å². The Morgan fingerprint density at radius 3 is 2.51 bits per heavy atom. The summed E-state index contributed by atoms with van der Waals surface area (Å²) >= 11 is 1.10. The van der Waals surface area contributed by atoms with Gasteiger partial charge in [0.25, 0.3) is 11.2 Å². The van der Waals surface area contributed by atoms with Crippen LogP contribution in [-0.2, 0) is 16.1 Å². The molecule has 0 aliphatic carbocycles. The number of aromatic nitrogens is 1. The number of thiazole rings is 1. The van der Waals surface area contributed by atoms with E-state index in [9.17, 15) is 19.7 Å². The van der Waals surface area contributed by atoms with Gasteiger partial charge in [0.1, 0.15) is 19.0 Å². The maximum Gasteiger partial charge on any atom is 0.338 e. The molecule has 2 heterocycles. The van der Waals surface area contributed by atoms with Crippen molar-refractivity contribution in [1.29, 1.82) is 0 Å². The summed E-state index contributed by atoms with van der Waals surface area (Å²) in [6.07, 6.45) is 2.94. The molecule has 1 aliphatic rings. The summed E-state index contributed by atoms with van der Waals surface area (Å²) in [5.41, 5.74) is 2.04. The normalized spacial score (nSPS) is 14.7. The summed E-state index contributed by atoms with van der Waals surface area (Å²) in [4.78, 5) is 43.0. The van der Waals surface area contributed by atoms with E-state index in [2.05, 4.69) is 11.6 Å². The molecule has 0 bridgehead atoms. The highest BCUT2D eigenvalue weighted by Gasteiger charge is 2.33. The van der Waals surface area contributed by atoms with E-state index in [-0.39, 0.29) is 22.4 Å². The van der Waals surface area contributed by atoms with Crippen LogP contribution in [0.5, 0.6) is 5.75 Å². The number of nitro benzene ring substituents is 1.